The van der Waals surface area contributed by atoms with Gasteiger partial charge in [-0.05, 0) is 87.2 Å². The average molecular weight is 689 g/mol. The van der Waals surface area contributed by atoms with Crippen LogP contribution in [0.5, 0.6) is 0 Å². The Morgan fingerprint density at radius 1 is 0.745 bits per heavy atom. The highest BCUT2D eigenvalue weighted by Gasteiger charge is 2.49. The lowest BCUT2D eigenvalue weighted by atomic mass is 9.83. The number of alkyl halides is 3. The molecule has 1 aliphatic carbocycles. The van der Waals surface area contributed by atoms with E-state index >= 15 is 0 Å². The molecule has 0 atom stereocenters. The number of fused-ring (bicyclic) bond motifs is 1. The van der Waals surface area contributed by atoms with E-state index in [2.05, 4.69) is 9.89 Å². The van der Waals surface area contributed by atoms with E-state index in [-0.39, 0.29) is 5.56 Å². The van der Waals surface area contributed by atoms with E-state index in [0.29, 0.717) is 42.0 Å². The Labute approximate surface area is 275 Å². The van der Waals surface area contributed by atoms with Gasteiger partial charge in [0.15, 0.2) is 0 Å². The summed E-state index contributed by atoms with van der Waals surface area (Å²) in [5.41, 5.74) is -0.650. The summed E-state index contributed by atoms with van der Waals surface area (Å²) in [6.45, 7) is 12.7. The number of anilines is 2. The Bertz CT molecular complexity index is 1910. The molecule has 13 heteroatoms. The number of allylic oxidation sites excluding steroid dienone is 3. The first kappa shape index (κ1) is 35.9. The molecule has 0 heterocycles. The van der Waals surface area contributed by atoms with Crippen LogP contribution in [0.15, 0.2) is 88.8 Å². The zero-order valence-electron chi connectivity index (χ0n) is 27.0. The molecule has 3 aromatic rings. The zero-order valence-corrected chi connectivity index (χ0v) is 28.6. The number of hydrogen-bond donors (Lipinski definition) is 1. The molecule has 0 bridgehead atoms. The molecule has 0 saturated carbocycles. The van der Waals surface area contributed by atoms with Crippen LogP contribution in [0.25, 0.3) is 11.1 Å². The summed E-state index contributed by atoms with van der Waals surface area (Å²) in [7, 11) is -11.6. The third-order valence-electron chi connectivity index (χ3n) is 7.96. The molecule has 0 saturated heterocycles. The molecule has 0 aliphatic heterocycles. The minimum atomic E-state index is -6.27. The molecule has 0 fully saturated rings. The van der Waals surface area contributed by atoms with Crippen LogP contribution in [0.1, 0.15) is 56.9 Å². The van der Waals surface area contributed by atoms with Crippen molar-refractivity contribution in [2.75, 3.05) is 42.5 Å². The highest BCUT2D eigenvalue weighted by molar-refractivity contribution is 8.05. The topological polar surface area (TPSA) is 99.1 Å². The molecular formula is C34H39F3N4O4S2. The van der Waals surface area contributed by atoms with E-state index in [4.69, 9.17) is 0 Å². The summed E-state index contributed by atoms with van der Waals surface area (Å²) in [4.78, 5) is 7.95. The summed E-state index contributed by atoms with van der Waals surface area (Å²) in [6, 6.07) is 19.4. The maximum atomic E-state index is 13.8. The number of rotatable bonds is 12. The van der Waals surface area contributed by atoms with E-state index in [1.807, 2.05) is 94.1 Å². The van der Waals surface area contributed by atoms with Crippen molar-refractivity contribution < 1.29 is 30.0 Å². The summed E-state index contributed by atoms with van der Waals surface area (Å²) in [5.74, 6) is 0. The Hall–Kier alpha value is -3.94. The fourth-order valence-electron chi connectivity index (χ4n) is 5.66. The van der Waals surface area contributed by atoms with Gasteiger partial charge in [0.05, 0.1) is 10.6 Å². The standard InChI is InChI=1S/C34H39F3N4O4S2/c1-6-38-31-22-21-29(27-13-11-12-14-28(27)31)33(24-15-17-25(18-16-24)40(7-2)8-3)30-20-19-26(41(9-4)10-5)23-32(30)46(42,43)39-47(44,45)34(35,36)37/h11-23,39H,6-10H2,1-5H3/b33-29+,38-31?. The van der Waals surface area contributed by atoms with Crippen LogP contribution in [0, 0.1) is 0 Å². The van der Waals surface area contributed by atoms with Gasteiger partial charge in [-0.3, -0.25) is 4.99 Å². The number of nitrogens with one attached hydrogen (secondary N) is 1. The van der Waals surface area contributed by atoms with Crippen molar-refractivity contribution >= 4 is 48.3 Å². The van der Waals surface area contributed by atoms with Gasteiger partial charge in [-0.2, -0.15) is 13.2 Å². The number of nitrogens with zero attached hydrogens (tertiary/aromatic N) is 3. The van der Waals surface area contributed by atoms with Crippen LogP contribution in [-0.4, -0.2) is 60.8 Å². The maximum absolute atomic E-state index is 13.8. The van der Waals surface area contributed by atoms with Gasteiger partial charge < -0.3 is 9.80 Å². The lowest BCUT2D eigenvalue weighted by Crippen LogP contribution is -2.40. The Balaban J connectivity index is 2.13. The summed E-state index contributed by atoms with van der Waals surface area (Å²) < 4.78 is 93.4. The van der Waals surface area contributed by atoms with Gasteiger partial charge in [0.2, 0.25) is 0 Å². The molecule has 252 valence electrons. The SMILES string of the molecule is CCN=C1C=C/C(=C(/c2ccc(N(CC)CC)cc2)c2ccc(N(CC)CC)cc2S(=O)(=O)NS(=O)(=O)C(F)(F)F)c2ccccc21. The minimum absolute atomic E-state index is 0.0340. The Morgan fingerprint density at radius 2 is 1.30 bits per heavy atom. The molecule has 0 unspecified atom stereocenters. The molecule has 1 N–H and O–H groups in total. The van der Waals surface area contributed by atoms with Crippen molar-refractivity contribution in [1.29, 1.82) is 0 Å². The first-order chi connectivity index (χ1) is 22.2. The third kappa shape index (κ3) is 7.47. The first-order valence-corrected chi connectivity index (χ1v) is 18.4. The van der Waals surface area contributed by atoms with E-state index in [9.17, 15) is 30.0 Å². The predicted octanol–water partition coefficient (Wildman–Crippen LogP) is 6.84. The van der Waals surface area contributed by atoms with Crippen molar-refractivity contribution in [3.63, 3.8) is 0 Å². The van der Waals surface area contributed by atoms with Crippen molar-refractivity contribution in [3.05, 3.63) is 101 Å². The smallest absolute Gasteiger partial charge is 0.372 e. The highest BCUT2D eigenvalue weighted by Crippen LogP contribution is 2.41. The maximum Gasteiger partial charge on any atom is 0.512 e. The molecule has 0 aromatic heterocycles. The van der Waals surface area contributed by atoms with Gasteiger partial charge in [-0.25, -0.2) is 16.8 Å². The summed E-state index contributed by atoms with van der Waals surface area (Å²) in [5, 5.41) is 0. The van der Waals surface area contributed by atoms with E-state index in [0.717, 1.165) is 39.7 Å². The van der Waals surface area contributed by atoms with Crippen molar-refractivity contribution in [2.24, 2.45) is 4.99 Å². The van der Waals surface area contributed by atoms with Crippen molar-refractivity contribution in [1.82, 2.24) is 4.13 Å². The van der Waals surface area contributed by atoms with Crippen LogP contribution in [0.2, 0.25) is 0 Å². The molecule has 3 aromatic carbocycles. The Kier molecular flexibility index (Phi) is 11.0. The van der Waals surface area contributed by atoms with Crippen LogP contribution in [-0.2, 0) is 20.0 Å². The minimum Gasteiger partial charge on any atom is -0.372 e. The number of benzene rings is 3. The van der Waals surface area contributed by atoms with Gasteiger partial charge in [-0.1, -0.05) is 52.7 Å². The van der Waals surface area contributed by atoms with Gasteiger partial charge in [0, 0.05) is 55.2 Å². The van der Waals surface area contributed by atoms with Crippen molar-refractivity contribution in [3.8, 4) is 0 Å². The Morgan fingerprint density at radius 3 is 1.85 bits per heavy atom. The second-order valence-electron chi connectivity index (χ2n) is 10.6. The normalized spacial score (nSPS) is 15.4. The second-order valence-corrected chi connectivity index (χ2v) is 14.2. The zero-order chi connectivity index (χ0) is 34.6. The number of hydrogen-bond acceptors (Lipinski definition) is 7. The van der Waals surface area contributed by atoms with Crippen LogP contribution in [0.4, 0.5) is 24.5 Å². The highest BCUT2D eigenvalue weighted by atomic mass is 32.3. The van der Waals surface area contributed by atoms with Gasteiger partial charge in [0.25, 0.3) is 10.0 Å². The van der Waals surface area contributed by atoms with Crippen LogP contribution in [0.3, 0.4) is 0 Å². The molecular weight excluding hydrogens is 650 g/mol. The molecule has 0 amide bonds. The number of sulfonamides is 2. The van der Waals surface area contributed by atoms with E-state index < -0.39 is 30.5 Å². The summed E-state index contributed by atoms with van der Waals surface area (Å²) in [6.07, 6.45) is 3.62. The first-order valence-electron chi connectivity index (χ1n) is 15.4. The van der Waals surface area contributed by atoms with Crippen molar-refractivity contribution in [2.45, 2.75) is 45.0 Å². The monoisotopic (exact) mass is 688 g/mol. The molecule has 47 heavy (non-hydrogen) atoms. The van der Waals surface area contributed by atoms with Gasteiger partial charge >= 0.3 is 15.5 Å². The third-order valence-corrected chi connectivity index (χ3v) is 11.2. The van der Waals surface area contributed by atoms with Crippen LogP contribution >= 0.6 is 0 Å². The molecule has 1 aliphatic rings. The molecule has 0 radical (unpaired) electrons. The largest absolute Gasteiger partial charge is 0.512 e. The number of aliphatic imine (C=N–C) groups is 1. The quantitative estimate of drug-likeness (QED) is 0.224. The predicted molar refractivity (Wildman–Crippen MR) is 184 cm³/mol. The van der Waals surface area contributed by atoms with Gasteiger partial charge in [0.1, 0.15) is 0 Å². The second kappa shape index (κ2) is 14.4. The van der Waals surface area contributed by atoms with Crippen LogP contribution < -0.4 is 13.9 Å². The van der Waals surface area contributed by atoms with E-state index in [1.165, 1.54) is 12.1 Å². The lowest BCUT2D eigenvalue weighted by molar-refractivity contribution is -0.0441. The molecule has 8 nitrogen and oxygen atoms in total. The fourth-order valence-corrected chi connectivity index (χ4v) is 8.28. The number of halogens is 3. The summed E-state index contributed by atoms with van der Waals surface area (Å²) >= 11 is 0. The molecule has 0 spiro atoms. The average Bonchev–Trinajstić information content (AvgIpc) is 3.03. The van der Waals surface area contributed by atoms with Gasteiger partial charge in [-0.15, -0.1) is 0 Å². The molecule has 4 rings (SSSR count). The van der Waals surface area contributed by atoms with E-state index in [1.54, 1.807) is 12.1 Å². The lowest BCUT2D eigenvalue weighted by Gasteiger charge is -2.26. The fraction of sp³-hybridized carbons (Fsp3) is 0.324.